The molecule has 1 N–H and O–H groups in total. The topological polar surface area (TPSA) is 101 Å². The van der Waals surface area contributed by atoms with Crippen LogP contribution in [0.3, 0.4) is 0 Å². The Labute approximate surface area is 161 Å². The van der Waals surface area contributed by atoms with Gasteiger partial charge >= 0.3 is 0 Å². The van der Waals surface area contributed by atoms with Gasteiger partial charge in [0.25, 0.3) is 15.9 Å². The minimum absolute atomic E-state index is 0.00907. The van der Waals surface area contributed by atoms with Crippen LogP contribution in [0, 0.1) is 5.82 Å². The van der Waals surface area contributed by atoms with Crippen molar-refractivity contribution in [2.75, 3.05) is 13.1 Å². The van der Waals surface area contributed by atoms with Gasteiger partial charge in [-0.05, 0) is 30.2 Å². The molecule has 0 fully saturated rings. The van der Waals surface area contributed by atoms with Crippen molar-refractivity contribution in [2.45, 2.75) is 18.2 Å². The number of rotatable bonds is 6. The summed E-state index contributed by atoms with van der Waals surface area (Å²) in [6, 6.07) is 9.48. The molecule has 0 unspecified atom stereocenters. The molecule has 0 atom stereocenters. The molecule has 1 aliphatic rings. The van der Waals surface area contributed by atoms with Crippen LogP contribution in [0.5, 0.6) is 0 Å². The maximum absolute atomic E-state index is 14.2. The predicted molar refractivity (Wildman–Crippen MR) is 97.8 cm³/mol. The Morgan fingerprint density at radius 2 is 1.86 bits per heavy atom. The number of sulfonamides is 1. The molecule has 3 rings (SSSR count). The molecular weight excluding hydrogens is 387 g/mol. The summed E-state index contributed by atoms with van der Waals surface area (Å²) in [5.74, 6) is -2.35. The molecule has 0 aliphatic carbocycles. The van der Waals surface area contributed by atoms with E-state index in [1.807, 2.05) is 0 Å². The van der Waals surface area contributed by atoms with Gasteiger partial charge in [0.15, 0.2) is 5.78 Å². The van der Waals surface area contributed by atoms with Gasteiger partial charge in [0, 0.05) is 19.0 Å². The Kier molecular flexibility index (Phi) is 5.28. The highest BCUT2D eigenvalue weighted by molar-refractivity contribution is 7.90. The lowest BCUT2D eigenvalue weighted by Gasteiger charge is -2.14. The molecule has 0 spiro atoms. The van der Waals surface area contributed by atoms with E-state index in [0.29, 0.717) is 9.87 Å². The molecule has 9 heteroatoms. The van der Waals surface area contributed by atoms with Crippen LogP contribution in [0.1, 0.15) is 33.2 Å². The van der Waals surface area contributed by atoms with Crippen molar-refractivity contribution >= 4 is 27.6 Å². The van der Waals surface area contributed by atoms with Crippen LogP contribution in [0.4, 0.5) is 4.39 Å². The Bertz CT molecular complexity index is 1080. The zero-order valence-corrected chi connectivity index (χ0v) is 15.8. The van der Waals surface area contributed by atoms with E-state index in [-0.39, 0.29) is 34.9 Å². The molecule has 7 nitrogen and oxygen atoms in total. The number of carbonyl (C=O) groups excluding carboxylic acids is 3. The number of benzene rings is 2. The maximum atomic E-state index is 14.2. The standard InChI is InChI=1S/C19H17FN2O5S/c1-12(23)21-9-8-13-6-7-14(10-16(13)20)17(24)11-22-19(25)15-4-2-3-5-18(15)28(22,26)27/h2-7,10H,8-9,11H2,1H3,(H,21,23). The zero-order valence-electron chi connectivity index (χ0n) is 14.9. The van der Waals surface area contributed by atoms with Crippen molar-refractivity contribution in [2.24, 2.45) is 0 Å². The second-order valence-corrected chi connectivity index (χ2v) is 8.11. The molecule has 0 bridgehead atoms. The van der Waals surface area contributed by atoms with Crippen LogP contribution in [-0.2, 0) is 21.2 Å². The molecular formula is C19H17FN2O5S. The Morgan fingerprint density at radius 3 is 2.50 bits per heavy atom. The van der Waals surface area contributed by atoms with Crippen LogP contribution in [0.25, 0.3) is 0 Å². The molecule has 1 aliphatic heterocycles. The number of fused-ring (bicyclic) bond motifs is 1. The third-order valence-corrected chi connectivity index (χ3v) is 6.13. The number of amides is 2. The van der Waals surface area contributed by atoms with E-state index in [0.717, 1.165) is 6.07 Å². The first-order valence-corrected chi connectivity index (χ1v) is 9.88. The van der Waals surface area contributed by atoms with Gasteiger partial charge in [0.05, 0.1) is 5.56 Å². The summed E-state index contributed by atoms with van der Waals surface area (Å²) < 4.78 is 39.7. The van der Waals surface area contributed by atoms with Gasteiger partial charge in [0.1, 0.15) is 17.3 Å². The van der Waals surface area contributed by atoms with E-state index in [2.05, 4.69) is 5.32 Å². The Balaban J connectivity index is 1.76. The van der Waals surface area contributed by atoms with E-state index in [4.69, 9.17) is 0 Å². The fourth-order valence-electron chi connectivity index (χ4n) is 2.91. The normalized spacial score (nSPS) is 14.6. The highest BCUT2D eigenvalue weighted by atomic mass is 32.2. The highest BCUT2D eigenvalue weighted by Gasteiger charge is 2.41. The summed E-state index contributed by atoms with van der Waals surface area (Å²) in [5.41, 5.74) is 0.275. The first-order chi connectivity index (χ1) is 13.2. The lowest BCUT2D eigenvalue weighted by Crippen LogP contribution is -2.35. The van der Waals surface area contributed by atoms with Gasteiger partial charge in [-0.3, -0.25) is 14.4 Å². The minimum Gasteiger partial charge on any atom is -0.356 e. The van der Waals surface area contributed by atoms with Crippen molar-refractivity contribution in [1.82, 2.24) is 9.62 Å². The smallest absolute Gasteiger partial charge is 0.269 e. The molecule has 0 aromatic heterocycles. The average Bonchev–Trinajstić information content (AvgIpc) is 2.84. The van der Waals surface area contributed by atoms with Crippen molar-refractivity contribution < 1.29 is 27.2 Å². The number of ketones is 1. The number of Topliss-reactive ketones (excluding diaryl/α,β-unsaturated/α-hetero) is 1. The van der Waals surface area contributed by atoms with E-state index in [9.17, 15) is 27.2 Å². The number of nitrogens with zero attached hydrogens (tertiary/aromatic N) is 1. The molecule has 146 valence electrons. The van der Waals surface area contributed by atoms with Crippen LogP contribution >= 0.6 is 0 Å². The summed E-state index contributed by atoms with van der Waals surface area (Å²) in [6.07, 6.45) is 0.244. The third-order valence-electron chi connectivity index (χ3n) is 4.34. The molecule has 2 amide bonds. The monoisotopic (exact) mass is 404 g/mol. The lowest BCUT2D eigenvalue weighted by molar-refractivity contribution is -0.118. The molecule has 0 saturated heterocycles. The number of carbonyl (C=O) groups is 3. The first-order valence-electron chi connectivity index (χ1n) is 8.44. The minimum atomic E-state index is -4.11. The quantitative estimate of drug-likeness (QED) is 0.736. The van der Waals surface area contributed by atoms with Gasteiger partial charge in [-0.25, -0.2) is 17.1 Å². The highest BCUT2D eigenvalue weighted by Crippen LogP contribution is 2.30. The summed E-state index contributed by atoms with van der Waals surface area (Å²) in [5, 5.41) is 2.55. The van der Waals surface area contributed by atoms with E-state index in [1.165, 1.54) is 43.3 Å². The van der Waals surface area contributed by atoms with Crippen molar-refractivity contribution in [3.63, 3.8) is 0 Å². The Hall–Kier alpha value is -3.07. The number of halogens is 1. The van der Waals surface area contributed by atoms with Crippen LogP contribution in [0.2, 0.25) is 0 Å². The van der Waals surface area contributed by atoms with Gasteiger partial charge < -0.3 is 5.32 Å². The van der Waals surface area contributed by atoms with Gasteiger partial charge in [-0.15, -0.1) is 0 Å². The molecule has 28 heavy (non-hydrogen) atoms. The van der Waals surface area contributed by atoms with Crippen molar-refractivity contribution in [3.05, 3.63) is 65.0 Å². The van der Waals surface area contributed by atoms with E-state index in [1.54, 1.807) is 0 Å². The first kappa shape index (κ1) is 19.7. The zero-order chi connectivity index (χ0) is 20.5. The largest absolute Gasteiger partial charge is 0.356 e. The summed E-state index contributed by atoms with van der Waals surface area (Å²) in [7, 11) is -4.11. The van der Waals surface area contributed by atoms with Crippen molar-refractivity contribution in [1.29, 1.82) is 0 Å². The summed E-state index contributed by atoms with van der Waals surface area (Å²) >= 11 is 0. The van der Waals surface area contributed by atoms with Crippen LogP contribution in [-0.4, -0.2) is 43.4 Å². The van der Waals surface area contributed by atoms with E-state index < -0.39 is 34.1 Å². The fraction of sp³-hybridized carbons (Fsp3) is 0.211. The SMILES string of the molecule is CC(=O)NCCc1ccc(C(=O)CN2C(=O)c3ccccc3S2(=O)=O)cc1F. The number of nitrogens with one attached hydrogen (secondary N) is 1. The van der Waals surface area contributed by atoms with Crippen LogP contribution in [0.15, 0.2) is 47.4 Å². The summed E-state index contributed by atoms with van der Waals surface area (Å²) in [4.78, 5) is 35.5. The third kappa shape index (κ3) is 3.65. The number of hydrogen-bond donors (Lipinski definition) is 1. The lowest BCUT2D eigenvalue weighted by atomic mass is 10.1. The average molecular weight is 404 g/mol. The molecule has 2 aromatic rings. The second kappa shape index (κ2) is 7.51. The molecule has 0 saturated carbocycles. The van der Waals surface area contributed by atoms with E-state index >= 15 is 0 Å². The molecule has 2 aromatic carbocycles. The van der Waals surface area contributed by atoms with Gasteiger partial charge in [-0.1, -0.05) is 24.3 Å². The second-order valence-electron chi connectivity index (χ2n) is 6.28. The van der Waals surface area contributed by atoms with Gasteiger partial charge in [0.2, 0.25) is 5.91 Å². The number of hydrogen-bond acceptors (Lipinski definition) is 5. The predicted octanol–water partition coefficient (Wildman–Crippen LogP) is 1.53. The molecule has 0 radical (unpaired) electrons. The molecule has 1 heterocycles. The summed E-state index contributed by atoms with van der Waals surface area (Å²) in [6.45, 7) is 0.892. The van der Waals surface area contributed by atoms with Crippen LogP contribution < -0.4 is 5.32 Å². The Morgan fingerprint density at radius 1 is 1.14 bits per heavy atom. The maximum Gasteiger partial charge on any atom is 0.269 e. The fourth-order valence-corrected chi connectivity index (χ4v) is 4.43. The van der Waals surface area contributed by atoms with Gasteiger partial charge in [-0.2, -0.15) is 0 Å². The van der Waals surface area contributed by atoms with Crippen molar-refractivity contribution in [3.8, 4) is 0 Å².